The van der Waals surface area contributed by atoms with E-state index in [-0.39, 0.29) is 5.91 Å². The van der Waals surface area contributed by atoms with Crippen LogP contribution in [0.3, 0.4) is 0 Å². The predicted octanol–water partition coefficient (Wildman–Crippen LogP) is 0.604. The standard InChI is InChI=1S/C10H19N3O/c1-4-13(6-5-11)8-10(14)12-7-9(2)3/h9H,4,6-8H2,1-3H3,(H,12,14). The van der Waals surface area contributed by atoms with E-state index in [1.807, 2.05) is 26.8 Å². The minimum atomic E-state index is -0.00389. The smallest absolute Gasteiger partial charge is 0.234 e. The Bertz CT molecular complexity index is 208. The molecule has 0 bridgehead atoms. The van der Waals surface area contributed by atoms with E-state index in [1.54, 1.807) is 4.90 Å². The van der Waals surface area contributed by atoms with E-state index in [0.717, 1.165) is 6.54 Å². The fraction of sp³-hybridized carbons (Fsp3) is 0.800. The van der Waals surface area contributed by atoms with Gasteiger partial charge in [-0.25, -0.2) is 0 Å². The normalized spacial score (nSPS) is 10.3. The molecule has 0 saturated heterocycles. The van der Waals surface area contributed by atoms with Gasteiger partial charge < -0.3 is 5.32 Å². The van der Waals surface area contributed by atoms with Crippen LogP contribution in [-0.2, 0) is 4.79 Å². The number of hydrogen-bond acceptors (Lipinski definition) is 3. The average molecular weight is 197 g/mol. The van der Waals surface area contributed by atoms with Crippen LogP contribution in [-0.4, -0.2) is 37.0 Å². The Hall–Kier alpha value is -1.08. The van der Waals surface area contributed by atoms with Crippen molar-refractivity contribution in [2.24, 2.45) is 5.92 Å². The quantitative estimate of drug-likeness (QED) is 0.634. The fourth-order valence-electron chi connectivity index (χ4n) is 0.956. The molecule has 0 heterocycles. The van der Waals surface area contributed by atoms with Crippen molar-refractivity contribution in [2.45, 2.75) is 20.8 Å². The molecule has 0 aliphatic rings. The first kappa shape index (κ1) is 12.9. The largest absolute Gasteiger partial charge is 0.355 e. The molecule has 0 fully saturated rings. The molecule has 80 valence electrons. The minimum absolute atomic E-state index is 0.00389. The molecule has 14 heavy (non-hydrogen) atoms. The Balaban J connectivity index is 3.74. The maximum Gasteiger partial charge on any atom is 0.234 e. The number of rotatable bonds is 6. The molecule has 0 aromatic carbocycles. The summed E-state index contributed by atoms with van der Waals surface area (Å²) in [5, 5.41) is 11.3. The summed E-state index contributed by atoms with van der Waals surface area (Å²) in [7, 11) is 0. The van der Waals surface area contributed by atoms with E-state index in [9.17, 15) is 4.79 Å². The van der Waals surface area contributed by atoms with Gasteiger partial charge in [0.1, 0.15) is 0 Å². The summed E-state index contributed by atoms with van der Waals surface area (Å²) in [6, 6.07) is 2.03. The molecule has 0 aliphatic carbocycles. The molecule has 0 aromatic rings. The van der Waals surface area contributed by atoms with E-state index in [1.165, 1.54) is 0 Å². The molecule has 1 N–H and O–H groups in total. The Morgan fingerprint density at radius 3 is 2.64 bits per heavy atom. The maximum atomic E-state index is 11.3. The van der Waals surface area contributed by atoms with Crippen molar-refractivity contribution in [1.29, 1.82) is 5.26 Å². The minimum Gasteiger partial charge on any atom is -0.355 e. The summed E-state index contributed by atoms with van der Waals surface area (Å²) < 4.78 is 0. The summed E-state index contributed by atoms with van der Waals surface area (Å²) >= 11 is 0. The zero-order valence-corrected chi connectivity index (χ0v) is 9.21. The molecule has 0 spiro atoms. The summed E-state index contributed by atoms with van der Waals surface area (Å²) in [4.78, 5) is 13.1. The van der Waals surface area contributed by atoms with Crippen molar-refractivity contribution in [2.75, 3.05) is 26.2 Å². The van der Waals surface area contributed by atoms with Crippen molar-refractivity contribution in [1.82, 2.24) is 10.2 Å². The Morgan fingerprint density at radius 1 is 1.57 bits per heavy atom. The van der Waals surface area contributed by atoms with Gasteiger partial charge in [0.25, 0.3) is 0 Å². The molecule has 0 aliphatic heterocycles. The Kier molecular flexibility index (Phi) is 6.77. The van der Waals surface area contributed by atoms with Gasteiger partial charge in [-0.1, -0.05) is 20.8 Å². The van der Waals surface area contributed by atoms with Crippen LogP contribution in [0.15, 0.2) is 0 Å². The molecule has 0 atom stereocenters. The molecule has 0 unspecified atom stereocenters. The Labute approximate surface area is 85.9 Å². The number of carbonyl (C=O) groups excluding carboxylic acids is 1. The molecule has 0 aromatic heterocycles. The molecule has 0 rings (SSSR count). The van der Waals surface area contributed by atoms with Crippen LogP contribution in [0, 0.1) is 17.2 Å². The lowest BCUT2D eigenvalue weighted by Crippen LogP contribution is -2.38. The van der Waals surface area contributed by atoms with Crippen LogP contribution in [0.1, 0.15) is 20.8 Å². The topological polar surface area (TPSA) is 56.1 Å². The molecule has 4 heteroatoms. The van der Waals surface area contributed by atoms with Gasteiger partial charge in [0.05, 0.1) is 19.2 Å². The highest BCUT2D eigenvalue weighted by atomic mass is 16.2. The summed E-state index contributed by atoms with van der Waals surface area (Å²) in [5.74, 6) is 0.459. The number of amides is 1. The fourth-order valence-corrected chi connectivity index (χ4v) is 0.956. The van der Waals surface area contributed by atoms with Gasteiger partial charge >= 0.3 is 0 Å². The number of nitriles is 1. The van der Waals surface area contributed by atoms with Crippen molar-refractivity contribution in [3.63, 3.8) is 0 Å². The zero-order chi connectivity index (χ0) is 11.0. The predicted molar refractivity (Wildman–Crippen MR) is 55.6 cm³/mol. The van der Waals surface area contributed by atoms with Gasteiger partial charge in [-0.05, 0) is 12.5 Å². The summed E-state index contributed by atoms with van der Waals surface area (Å²) in [5.41, 5.74) is 0. The SMILES string of the molecule is CCN(CC#N)CC(=O)NCC(C)C. The van der Waals surface area contributed by atoms with Gasteiger partial charge in [0.15, 0.2) is 0 Å². The number of hydrogen-bond donors (Lipinski definition) is 1. The van der Waals surface area contributed by atoms with Crippen LogP contribution in [0.2, 0.25) is 0 Å². The lowest BCUT2D eigenvalue weighted by Gasteiger charge is -2.16. The monoisotopic (exact) mass is 197 g/mol. The molecule has 1 amide bonds. The lowest BCUT2D eigenvalue weighted by molar-refractivity contribution is -0.122. The first-order valence-electron chi connectivity index (χ1n) is 4.96. The van der Waals surface area contributed by atoms with Crippen LogP contribution in [0.25, 0.3) is 0 Å². The Morgan fingerprint density at radius 2 is 2.21 bits per heavy atom. The van der Waals surface area contributed by atoms with Crippen LogP contribution in [0.4, 0.5) is 0 Å². The third-order valence-corrected chi connectivity index (χ3v) is 1.82. The highest BCUT2D eigenvalue weighted by molar-refractivity contribution is 5.78. The van der Waals surface area contributed by atoms with Crippen molar-refractivity contribution >= 4 is 5.91 Å². The van der Waals surface area contributed by atoms with E-state index in [0.29, 0.717) is 25.6 Å². The first-order valence-corrected chi connectivity index (χ1v) is 4.96. The molecular weight excluding hydrogens is 178 g/mol. The van der Waals surface area contributed by atoms with Gasteiger partial charge in [0.2, 0.25) is 5.91 Å². The summed E-state index contributed by atoms with van der Waals surface area (Å²) in [6.07, 6.45) is 0. The third kappa shape index (κ3) is 6.44. The van der Waals surface area contributed by atoms with Crippen molar-refractivity contribution < 1.29 is 4.79 Å². The van der Waals surface area contributed by atoms with Gasteiger partial charge in [0, 0.05) is 6.54 Å². The van der Waals surface area contributed by atoms with Crippen LogP contribution >= 0.6 is 0 Å². The number of nitrogens with zero attached hydrogens (tertiary/aromatic N) is 2. The molecule has 4 nitrogen and oxygen atoms in total. The van der Waals surface area contributed by atoms with E-state index in [4.69, 9.17) is 5.26 Å². The second kappa shape index (κ2) is 7.34. The summed E-state index contributed by atoms with van der Waals surface area (Å²) in [6.45, 7) is 8.08. The maximum absolute atomic E-state index is 11.3. The van der Waals surface area contributed by atoms with Gasteiger partial charge in [-0.3, -0.25) is 9.69 Å². The molecular formula is C10H19N3O. The molecule has 0 radical (unpaired) electrons. The number of carbonyl (C=O) groups is 1. The average Bonchev–Trinajstić information content (AvgIpc) is 2.14. The molecule has 0 saturated carbocycles. The number of nitrogens with one attached hydrogen (secondary N) is 1. The van der Waals surface area contributed by atoms with Gasteiger partial charge in [-0.2, -0.15) is 5.26 Å². The zero-order valence-electron chi connectivity index (χ0n) is 9.21. The third-order valence-electron chi connectivity index (χ3n) is 1.82. The lowest BCUT2D eigenvalue weighted by atomic mass is 10.2. The highest BCUT2D eigenvalue weighted by Crippen LogP contribution is 1.89. The van der Waals surface area contributed by atoms with Gasteiger partial charge in [-0.15, -0.1) is 0 Å². The second-order valence-corrected chi connectivity index (χ2v) is 3.66. The second-order valence-electron chi connectivity index (χ2n) is 3.66. The number of likely N-dealkylation sites (N-methyl/N-ethyl adjacent to an activating group) is 1. The van der Waals surface area contributed by atoms with E-state index in [2.05, 4.69) is 5.32 Å². The van der Waals surface area contributed by atoms with E-state index < -0.39 is 0 Å². The van der Waals surface area contributed by atoms with Crippen molar-refractivity contribution in [3.05, 3.63) is 0 Å². The van der Waals surface area contributed by atoms with E-state index >= 15 is 0 Å². The van der Waals surface area contributed by atoms with Crippen LogP contribution in [0.5, 0.6) is 0 Å². The highest BCUT2D eigenvalue weighted by Gasteiger charge is 2.07. The first-order chi connectivity index (χ1) is 6.60. The van der Waals surface area contributed by atoms with Crippen molar-refractivity contribution in [3.8, 4) is 6.07 Å². The van der Waals surface area contributed by atoms with Crippen LogP contribution < -0.4 is 5.32 Å².